The molecule has 0 N–H and O–H groups in total. The van der Waals surface area contributed by atoms with Crippen LogP contribution < -0.4 is 0 Å². The van der Waals surface area contributed by atoms with Crippen LogP contribution in [0.15, 0.2) is 78.4 Å². The van der Waals surface area contributed by atoms with Crippen molar-refractivity contribution in [1.82, 2.24) is 0 Å². The van der Waals surface area contributed by atoms with Crippen LogP contribution in [0.3, 0.4) is 0 Å². The predicted molar refractivity (Wildman–Crippen MR) is 111 cm³/mol. The molecule has 0 fully saturated rings. The number of allylic oxidation sites excluding steroid dienone is 4. The van der Waals surface area contributed by atoms with Gasteiger partial charge in [-0.3, -0.25) is 0 Å². The fraction of sp³-hybridized carbons (Fsp3) is 0.333. The molecule has 0 unspecified atom stereocenters. The van der Waals surface area contributed by atoms with E-state index in [2.05, 4.69) is 82.3 Å². The van der Waals surface area contributed by atoms with Crippen molar-refractivity contribution in [3.63, 3.8) is 0 Å². The maximum atomic E-state index is 2.20. The summed E-state index contributed by atoms with van der Waals surface area (Å²) in [5.41, 5.74) is 5.48. The molecule has 0 heterocycles. The Bertz CT molecular complexity index is 550. The number of hydrogen-bond acceptors (Lipinski definition) is 0. The van der Waals surface area contributed by atoms with Crippen LogP contribution in [0, 0.1) is 20.8 Å². The normalized spacial score (nSPS) is 11.5. The lowest BCUT2D eigenvalue weighted by molar-refractivity contribution is 0.962. The van der Waals surface area contributed by atoms with Crippen LogP contribution in [0.4, 0.5) is 0 Å². The molecule has 0 amide bonds. The van der Waals surface area contributed by atoms with Gasteiger partial charge in [0.1, 0.15) is 0 Å². The molecule has 0 spiro atoms. The minimum atomic E-state index is 1.24. The molecule has 0 radical (unpaired) electrons. The third-order valence-electron chi connectivity index (χ3n) is 3.38. The highest BCUT2D eigenvalue weighted by molar-refractivity contribution is 5.19. The van der Waals surface area contributed by atoms with Crippen LogP contribution in [-0.2, 0) is 0 Å². The van der Waals surface area contributed by atoms with Crippen LogP contribution >= 0.6 is 0 Å². The Balaban J connectivity index is 0.000000315. The third kappa shape index (κ3) is 12.5. The molecule has 0 saturated heterocycles. The van der Waals surface area contributed by atoms with Crippen molar-refractivity contribution < 1.29 is 0 Å². The van der Waals surface area contributed by atoms with Gasteiger partial charge in [-0.05, 0) is 40.5 Å². The first kappa shape index (κ1) is 21.9. The molecule has 0 atom stereocenters. The van der Waals surface area contributed by atoms with Gasteiger partial charge in [-0.2, -0.15) is 0 Å². The van der Waals surface area contributed by atoms with Crippen molar-refractivity contribution in [2.24, 2.45) is 0 Å². The van der Waals surface area contributed by atoms with E-state index in [1.807, 2.05) is 32.0 Å². The Hall–Kier alpha value is -2.08. The fourth-order valence-corrected chi connectivity index (χ4v) is 1.89. The second-order valence-corrected chi connectivity index (χ2v) is 5.79. The highest BCUT2D eigenvalue weighted by Crippen LogP contribution is 2.08. The van der Waals surface area contributed by atoms with E-state index in [9.17, 15) is 0 Å². The molecule has 3 rings (SSSR count). The molecule has 0 saturated carbocycles. The van der Waals surface area contributed by atoms with Crippen molar-refractivity contribution in [3.05, 3.63) is 95.1 Å². The molecule has 1 aliphatic rings. The monoisotopic (exact) mass is 322 g/mol. The van der Waals surface area contributed by atoms with Crippen molar-refractivity contribution >= 4 is 0 Å². The molecule has 0 aromatic heterocycles. The number of rotatable bonds is 0. The van der Waals surface area contributed by atoms with E-state index >= 15 is 0 Å². The fourth-order valence-electron chi connectivity index (χ4n) is 1.89. The quantitative estimate of drug-likeness (QED) is 0.468. The van der Waals surface area contributed by atoms with Crippen molar-refractivity contribution in [3.8, 4) is 0 Å². The predicted octanol–water partition coefficient (Wildman–Crippen LogP) is 7.61. The van der Waals surface area contributed by atoms with Gasteiger partial charge in [-0.15, -0.1) is 0 Å². The van der Waals surface area contributed by atoms with Crippen molar-refractivity contribution in [1.29, 1.82) is 0 Å². The minimum absolute atomic E-state index is 1.24. The van der Waals surface area contributed by atoms with Gasteiger partial charge in [0.2, 0.25) is 0 Å². The largest absolute Gasteiger partial charge is 0.0842 e. The summed E-state index contributed by atoms with van der Waals surface area (Å²) in [4.78, 5) is 0. The summed E-state index contributed by atoms with van der Waals surface area (Å²) < 4.78 is 0. The Kier molecular flexibility index (Phi) is 13.3. The van der Waals surface area contributed by atoms with Gasteiger partial charge in [0, 0.05) is 0 Å². The van der Waals surface area contributed by atoms with E-state index in [0.717, 1.165) is 0 Å². The average molecular weight is 323 g/mol. The summed E-state index contributed by atoms with van der Waals surface area (Å²) in [7, 11) is 0. The smallest absolute Gasteiger partial charge is 0.0285 e. The second-order valence-electron chi connectivity index (χ2n) is 5.79. The lowest BCUT2D eigenvalue weighted by Crippen LogP contribution is -1.78. The highest BCUT2D eigenvalue weighted by Gasteiger charge is 1.88. The molecule has 0 bridgehead atoms. The zero-order valence-electron chi connectivity index (χ0n) is 16.3. The molecule has 0 nitrogen and oxygen atoms in total. The SMILES string of the molecule is CC.CC1=CC=CCC1.Cc1ccc(C)cc1.Cc1ccccc1. The first-order valence-corrected chi connectivity index (χ1v) is 8.95. The molecule has 0 aliphatic heterocycles. The maximum Gasteiger partial charge on any atom is -0.0285 e. The van der Waals surface area contributed by atoms with Crippen LogP contribution in [0.5, 0.6) is 0 Å². The first-order chi connectivity index (χ1) is 11.6. The van der Waals surface area contributed by atoms with Crippen LogP contribution in [0.25, 0.3) is 0 Å². The molecule has 24 heavy (non-hydrogen) atoms. The molecule has 1 aliphatic carbocycles. The first-order valence-electron chi connectivity index (χ1n) is 8.95. The lowest BCUT2D eigenvalue weighted by Gasteiger charge is -1.98. The topological polar surface area (TPSA) is 0 Å². The van der Waals surface area contributed by atoms with Gasteiger partial charge in [-0.25, -0.2) is 0 Å². The Morgan fingerprint density at radius 2 is 1.08 bits per heavy atom. The lowest BCUT2D eigenvalue weighted by atomic mass is 10.1. The van der Waals surface area contributed by atoms with Crippen molar-refractivity contribution in [2.75, 3.05) is 0 Å². The van der Waals surface area contributed by atoms with Gasteiger partial charge in [0.05, 0.1) is 0 Å². The van der Waals surface area contributed by atoms with Crippen LogP contribution in [0.1, 0.15) is 50.3 Å². The van der Waals surface area contributed by atoms with Gasteiger partial charge in [0.25, 0.3) is 0 Å². The van der Waals surface area contributed by atoms with Gasteiger partial charge in [0.15, 0.2) is 0 Å². The molecular formula is C24H34. The minimum Gasteiger partial charge on any atom is -0.0842 e. The Labute approximate surface area is 150 Å². The summed E-state index contributed by atoms with van der Waals surface area (Å²) in [6.45, 7) is 12.4. The van der Waals surface area contributed by atoms with E-state index in [1.165, 1.54) is 35.1 Å². The molecule has 0 heteroatoms. The molecular weight excluding hydrogens is 288 g/mol. The Morgan fingerprint density at radius 3 is 1.33 bits per heavy atom. The number of aryl methyl sites for hydroxylation is 3. The average Bonchev–Trinajstić information content (AvgIpc) is 2.62. The van der Waals surface area contributed by atoms with Gasteiger partial charge >= 0.3 is 0 Å². The van der Waals surface area contributed by atoms with Crippen LogP contribution in [0.2, 0.25) is 0 Å². The van der Waals surface area contributed by atoms with E-state index in [0.29, 0.717) is 0 Å². The zero-order valence-corrected chi connectivity index (χ0v) is 16.3. The summed E-state index contributed by atoms with van der Waals surface area (Å²) in [6.07, 6.45) is 8.99. The molecule has 2 aromatic rings. The van der Waals surface area contributed by atoms with Crippen molar-refractivity contribution in [2.45, 2.75) is 54.4 Å². The summed E-state index contributed by atoms with van der Waals surface area (Å²) in [6, 6.07) is 18.7. The van der Waals surface area contributed by atoms with Gasteiger partial charge in [-0.1, -0.05) is 109 Å². The second kappa shape index (κ2) is 14.5. The van der Waals surface area contributed by atoms with E-state index in [4.69, 9.17) is 0 Å². The summed E-state index contributed by atoms with van der Waals surface area (Å²) in [5.74, 6) is 0. The van der Waals surface area contributed by atoms with E-state index in [1.54, 1.807) is 0 Å². The zero-order chi connectivity index (χ0) is 18.2. The van der Waals surface area contributed by atoms with Crippen LogP contribution in [-0.4, -0.2) is 0 Å². The highest BCUT2D eigenvalue weighted by atomic mass is 13.9. The number of benzene rings is 2. The third-order valence-corrected chi connectivity index (χ3v) is 3.38. The standard InChI is InChI=1S/C8H10.C7H10.C7H8.C2H6/c1-7-3-5-8(2)6-4-7;2*1-7-5-3-2-4-6-7;1-2/h3-6H,1-2H3;2-3,5H,4,6H2,1H3;2-6H,1H3;1-2H3. The summed E-state index contributed by atoms with van der Waals surface area (Å²) in [5, 5.41) is 0. The Morgan fingerprint density at radius 1 is 0.625 bits per heavy atom. The maximum absolute atomic E-state index is 2.20. The van der Waals surface area contributed by atoms with E-state index in [-0.39, 0.29) is 0 Å². The van der Waals surface area contributed by atoms with Gasteiger partial charge < -0.3 is 0 Å². The molecule has 130 valence electrons. The van der Waals surface area contributed by atoms with E-state index < -0.39 is 0 Å². The molecule has 2 aromatic carbocycles. The summed E-state index contributed by atoms with van der Waals surface area (Å²) >= 11 is 0. The number of hydrogen-bond donors (Lipinski definition) is 0.